The fourth-order valence-corrected chi connectivity index (χ4v) is 3.12. The molecule has 1 N–H and O–H groups in total. The van der Waals surface area contributed by atoms with E-state index >= 15 is 0 Å². The minimum atomic E-state index is -1.26. The summed E-state index contributed by atoms with van der Waals surface area (Å²) in [6.07, 6.45) is 0. The van der Waals surface area contributed by atoms with E-state index in [0.29, 0.717) is 0 Å². The Hall–Kier alpha value is -2.78. The Balaban J connectivity index is 2.21. The highest BCUT2D eigenvalue weighted by molar-refractivity contribution is 5.51. The fourth-order valence-electron chi connectivity index (χ4n) is 3.12. The van der Waals surface area contributed by atoms with Crippen molar-refractivity contribution >= 4 is 0 Å². The summed E-state index contributed by atoms with van der Waals surface area (Å²) in [4.78, 5) is 0. The van der Waals surface area contributed by atoms with Crippen molar-refractivity contribution in [3.63, 3.8) is 0 Å². The molecule has 3 nitrogen and oxygen atoms in total. The van der Waals surface area contributed by atoms with E-state index in [1.165, 1.54) is 0 Å². The smallest absolute Gasteiger partial charge is 0.140 e. The van der Waals surface area contributed by atoms with Gasteiger partial charge in [-0.05, 0) is 53.4 Å². The predicted molar refractivity (Wildman–Crippen MR) is 99.3 cm³/mol. The van der Waals surface area contributed by atoms with Crippen LogP contribution in [0.15, 0.2) is 72.8 Å². The molecule has 0 spiro atoms. The van der Waals surface area contributed by atoms with Crippen molar-refractivity contribution < 1.29 is 14.6 Å². The largest absolute Gasteiger partial charge is 0.497 e. The molecule has 0 radical (unpaired) electrons. The van der Waals surface area contributed by atoms with Gasteiger partial charge in [-0.15, -0.1) is 0 Å². The summed E-state index contributed by atoms with van der Waals surface area (Å²) in [5, 5.41) is 11.9. The zero-order valence-corrected chi connectivity index (χ0v) is 14.7. The van der Waals surface area contributed by atoms with Gasteiger partial charge in [0.1, 0.15) is 17.1 Å². The number of aliphatic hydroxyl groups is 1. The number of hydrogen-bond donors (Lipinski definition) is 1. The van der Waals surface area contributed by atoms with Crippen LogP contribution < -0.4 is 9.47 Å². The zero-order chi connectivity index (χ0) is 17.9. The highest BCUT2D eigenvalue weighted by Gasteiger charge is 2.35. The van der Waals surface area contributed by atoms with Crippen molar-refractivity contribution in [3.05, 3.63) is 95.1 Å². The first-order valence-corrected chi connectivity index (χ1v) is 8.17. The summed E-state index contributed by atoms with van der Waals surface area (Å²) in [6.45, 7) is 2.01. The van der Waals surface area contributed by atoms with Crippen LogP contribution >= 0.6 is 0 Å². The normalized spacial score (nSPS) is 11.2. The average Bonchev–Trinajstić information content (AvgIpc) is 2.68. The maximum atomic E-state index is 11.9. The van der Waals surface area contributed by atoms with Gasteiger partial charge in [0.15, 0.2) is 0 Å². The second kappa shape index (κ2) is 6.99. The number of methoxy groups -OCH3 is 2. The fraction of sp³-hybridized carbons (Fsp3) is 0.182. The van der Waals surface area contributed by atoms with E-state index in [1.54, 1.807) is 14.2 Å². The van der Waals surface area contributed by atoms with Crippen LogP contribution in [0.2, 0.25) is 0 Å². The molecule has 0 aliphatic rings. The molecule has 0 unspecified atom stereocenters. The van der Waals surface area contributed by atoms with Gasteiger partial charge in [0.25, 0.3) is 0 Å². The lowest BCUT2D eigenvalue weighted by atomic mass is 9.78. The van der Waals surface area contributed by atoms with Crippen LogP contribution in [-0.4, -0.2) is 19.3 Å². The Morgan fingerprint density at radius 3 is 1.52 bits per heavy atom. The van der Waals surface area contributed by atoms with Crippen molar-refractivity contribution in [3.8, 4) is 11.5 Å². The molecule has 0 bridgehead atoms. The molecule has 0 saturated carbocycles. The summed E-state index contributed by atoms with van der Waals surface area (Å²) in [5.74, 6) is 1.51. The Bertz CT molecular complexity index is 788. The van der Waals surface area contributed by atoms with Gasteiger partial charge in [-0.1, -0.05) is 48.5 Å². The topological polar surface area (TPSA) is 38.7 Å². The number of aryl methyl sites for hydroxylation is 1. The molecular weight excluding hydrogens is 312 g/mol. The molecule has 0 heterocycles. The lowest BCUT2D eigenvalue weighted by Gasteiger charge is -2.31. The van der Waals surface area contributed by atoms with Crippen molar-refractivity contribution in [2.24, 2.45) is 0 Å². The number of hydrogen-bond acceptors (Lipinski definition) is 3. The van der Waals surface area contributed by atoms with Crippen LogP contribution in [0, 0.1) is 6.92 Å². The Morgan fingerprint density at radius 1 is 0.680 bits per heavy atom. The summed E-state index contributed by atoms with van der Waals surface area (Å²) in [7, 11) is 3.26. The van der Waals surface area contributed by atoms with Crippen molar-refractivity contribution in [2.45, 2.75) is 12.5 Å². The van der Waals surface area contributed by atoms with E-state index in [0.717, 1.165) is 33.8 Å². The number of rotatable bonds is 5. The molecule has 3 rings (SSSR count). The molecule has 0 aliphatic carbocycles. The number of benzene rings is 3. The first-order chi connectivity index (χ1) is 12.1. The third kappa shape index (κ3) is 3.11. The molecule has 128 valence electrons. The van der Waals surface area contributed by atoms with E-state index in [1.807, 2.05) is 79.7 Å². The van der Waals surface area contributed by atoms with E-state index in [-0.39, 0.29) is 0 Å². The molecule has 25 heavy (non-hydrogen) atoms. The van der Waals surface area contributed by atoms with E-state index < -0.39 is 5.60 Å². The van der Waals surface area contributed by atoms with Gasteiger partial charge in [-0.3, -0.25) is 0 Å². The first kappa shape index (κ1) is 17.1. The quantitative estimate of drug-likeness (QED) is 0.707. The molecule has 0 atom stereocenters. The van der Waals surface area contributed by atoms with Gasteiger partial charge >= 0.3 is 0 Å². The van der Waals surface area contributed by atoms with Crippen LogP contribution in [0.5, 0.6) is 11.5 Å². The maximum absolute atomic E-state index is 11.9. The Morgan fingerprint density at radius 2 is 1.12 bits per heavy atom. The monoisotopic (exact) mass is 334 g/mol. The predicted octanol–water partition coefficient (Wildman–Crippen LogP) is 4.30. The average molecular weight is 334 g/mol. The van der Waals surface area contributed by atoms with Crippen LogP contribution in [0.25, 0.3) is 0 Å². The lowest BCUT2D eigenvalue weighted by Crippen LogP contribution is -2.29. The van der Waals surface area contributed by atoms with Gasteiger partial charge < -0.3 is 14.6 Å². The molecule has 0 aromatic heterocycles. The Labute approximate surface area is 148 Å². The molecule has 0 aliphatic heterocycles. The summed E-state index contributed by atoms with van der Waals surface area (Å²) in [5.41, 5.74) is 2.19. The van der Waals surface area contributed by atoms with Crippen LogP contribution in [0.3, 0.4) is 0 Å². The van der Waals surface area contributed by atoms with E-state index in [4.69, 9.17) is 9.47 Å². The van der Waals surface area contributed by atoms with Crippen LogP contribution in [0.4, 0.5) is 0 Å². The zero-order valence-electron chi connectivity index (χ0n) is 14.7. The van der Waals surface area contributed by atoms with Crippen molar-refractivity contribution in [2.75, 3.05) is 14.2 Å². The standard InChI is InChI=1S/C22H22O3/c1-16-6-4-5-7-21(16)22(23,17-8-12-19(24-2)13-9-17)18-10-14-20(25-3)15-11-18/h4-15,23H,1-3H3. The van der Waals surface area contributed by atoms with Gasteiger partial charge in [-0.25, -0.2) is 0 Å². The second-order valence-electron chi connectivity index (χ2n) is 5.98. The first-order valence-electron chi connectivity index (χ1n) is 8.17. The second-order valence-corrected chi connectivity index (χ2v) is 5.98. The third-order valence-corrected chi connectivity index (χ3v) is 4.55. The van der Waals surface area contributed by atoms with Gasteiger partial charge in [0.2, 0.25) is 0 Å². The van der Waals surface area contributed by atoms with E-state index in [9.17, 15) is 5.11 Å². The lowest BCUT2D eigenvalue weighted by molar-refractivity contribution is 0.125. The van der Waals surface area contributed by atoms with Crippen LogP contribution in [-0.2, 0) is 5.60 Å². The maximum Gasteiger partial charge on any atom is 0.140 e. The van der Waals surface area contributed by atoms with Gasteiger partial charge in [0, 0.05) is 0 Å². The third-order valence-electron chi connectivity index (χ3n) is 4.55. The van der Waals surface area contributed by atoms with Gasteiger partial charge in [-0.2, -0.15) is 0 Å². The van der Waals surface area contributed by atoms with Gasteiger partial charge in [0.05, 0.1) is 14.2 Å². The van der Waals surface area contributed by atoms with Crippen molar-refractivity contribution in [1.29, 1.82) is 0 Å². The Kier molecular flexibility index (Phi) is 4.77. The molecule has 0 amide bonds. The molecule has 0 fully saturated rings. The summed E-state index contributed by atoms with van der Waals surface area (Å²) < 4.78 is 10.5. The van der Waals surface area contributed by atoms with E-state index in [2.05, 4.69) is 0 Å². The molecule has 0 saturated heterocycles. The minimum Gasteiger partial charge on any atom is -0.497 e. The highest BCUT2D eigenvalue weighted by atomic mass is 16.5. The van der Waals surface area contributed by atoms with Crippen molar-refractivity contribution in [1.82, 2.24) is 0 Å². The molecule has 3 aromatic carbocycles. The minimum absolute atomic E-state index is 0.755. The SMILES string of the molecule is COc1ccc(C(O)(c2ccc(OC)cc2)c2ccccc2C)cc1. The molecule has 3 heteroatoms. The molecule has 3 aromatic rings. The highest BCUT2D eigenvalue weighted by Crippen LogP contribution is 2.39. The summed E-state index contributed by atoms with van der Waals surface area (Å²) >= 11 is 0. The molecular formula is C22H22O3. The van der Waals surface area contributed by atoms with Crippen LogP contribution in [0.1, 0.15) is 22.3 Å². The number of ether oxygens (including phenoxy) is 2. The summed E-state index contributed by atoms with van der Waals surface area (Å²) in [6, 6.07) is 22.9.